The minimum absolute atomic E-state index is 0.813. The van der Waals surface area contributed by atoms with Crippen LogP contribution < -0.4 is 5.32 Å². The molecule has 0 amide bonds. The standard InChI is InChI=1S/C17H35N/c1-3-4-5-6-7-8-12-15-18-17-14-11-9-10-13-16(17)2/h16-18H,3-15H2,1-2H3. The first-order valence-electron chi connectivity index (χ1n) is 8.58. The van der Waals surface area contributed by atoms with Gasteiger partial charge in [-0.25, -0.2) is 0 Å². The Morgan fingerprint density at radius 3 is 2.28 bits per heavy atom. The summed E-state index contributed by atoms with van der Waals surface area (Å²) >= 11 is 0. The summed E-state index contributed by atoms with van der Waals surface area (Å²) in [6.07, 6.45) is 17.2. The summed E-state index contributed by atoms with van der Waals surface area (Å²) in [5.41, 5.74) is 0. The number of nitrogens with one attached hydrogen (secondary N) is 1. The zero-order valence-electron chi connectivity index (χ0n) is 12.8. The molecule has 0 saturated heterocycles. The molecule has 18 heavy (non-hydrogen) atoms. The third kappa shape index (κ3) is 7.41. The van der Waals surface area contributed by atoms with Crippen molar-refractivity contribution in [2.75, 3.05) is 6.54 Å². The molecule has 0 aromatic heterocycles. The molecule has 0 spiro atoms. The Labute approximate surface area is 115 Å². The van der Waals surface area contributed by atoms with Crippen molar-refractivity contribution >= 4 is 0 Å². The molecule has 0 bridgehead atoms. The van der Waals surface area contributed by atoms with E-state index in [9.17, 15) is 0 Å². The topological polar surface area (TPSA) is 12.0 Å². The zero-order valence-corrected chi connectivity index (χ0v) is 12.8. The van der Waals surface area contributed by atoms with E-state index in [4.69, 9.17) is 0 Å². The lowest BCUT2D eigenvalue weighted by molar-refractivity contribution is 0.354. The molecule has 1 fully saturated rings. The van der Waals surface area contributed by atoms with Crippen molar-refractivity contribution in [2.24, 2.45) is 5.92 Å². The predicted molar refractivity (Wildman–Crippen MR) is 82.0 cm³/mol. The van der Waals surface area contributed by atoms with E-state index in [1.807, 2.05) is 0 Å². The van der Waals surface area contributed by atoms with Crippen LogP contribution >= 0.6 is 0 Å². The van der Waals surface area contributed by atoms with Crippen molar-refractivity contribution in [1.29, 1.82) is 0 Å². The lowest BCUT2D eigenvalue weighted by Crippen LogP contribution is -2.34. The molecule has 1 aliphatic rings. The van der Waals surface area contributed by atoms with Gasteiger partial charge >= 0.3 is 0 Å². The smallest absolute Gasteiger partial charge is 0.00926 e. The van der Waals surface area contributed by atoms with Crippen molar-refractivity contribution in [1.82, 2.24) is 5.32 Å². The van der Waals surface area contributed by atoms with Crippen LogP contribution in [0, 0.1) is 5.92 Å². The Morgan fingerprint density at radius 2 is 1.50 bits per heavy atom. The van der Waals surface area contributed by atoms with E-state index in [2.05, 4.69) is 19.2 Å². The van der Waals surface area contributed by atoms with Crippen LogP contribution in [0.5, 0.6) is 0 Å². The Bertz CT molecular complexity index is 178. The molecule has 1 N–H and O–H groups in total. The summed E-state index contributed by atoms with van der Waals surface area (Å²) in [7, 11) is 0. The van der Waals surface area contributed by atoms with Gasteiger partial charge < -0.3 is 5.32 Å². The summed E-state index contributed by atoms with van der Waals surface area (Å²) in [6.45, 7) is 5.98. The maximum absolute atomic E-state index is 3.81. The van der Waals surface area contributed by atoms with Crippen LogP contribution in [0.4, 0.5) is 0 Å². The summed E-state index contributed by atoms with van der Waals surface area (Å²) in [4.78, 5) is 0. The highest BCUT2D eigenvalue weighted by Crippen LogP contribution is 2.22. The second-order valence-corrected chi connectivity index (χ2v) is 6.30. The molecule has 0 aromatic carbocycles. The normalized spacial score (nSPS) is 25.0. The van der Waals surface area contributed by atoms with Gasteiger partial charge in [0.2, 0.25) is 0 Å². The largest absolute Gasteiger partial charge is 0.314 e. The van der Waals surface area contributed by atoms with Crippen LogP contribution in [0.2, 0.25) is 0 Å². The van der Waals surface area contributed by atoms with Crippen LogP contribution in [0.25, 0.3) is 0 Å². The average molecular weight is 253 g/mol. The molecule has 1 aliphatic carbocycles. The number of unbranched alkanes of at least 4 members (excludes halogenated alkanes) is 6. The first-order valence-corrected chi connectivity index (χ1v) is 8.58. The maximum atomic E-state index is 3.81. The molecule has 1 heteroatoms. The highest BCUT2D eigenvalue weighted by Gasteiger charge is 2.18. The second-order valence-electron chi connectivity index (χ2n) is 6.30. The van der Waals surface area contributed by atoms with Crippen molar-refractivity contribution in [3.8, 4) is 0 Å². The Morgan fingerprint density at radius 1 is 0.833 bits per heavy atom. The van der Waals surface area contributed by atoms with Gasteiger partial charge in [-0.3, -0.25) is 0 Å². The van der Waals surface area contributed by atoms with E-state index in [0.29, 0.717) is 0 Å². The van der Waals surface area contributed by atoms with Crippen molar-refractivity contribution in [3.05, 3.63) is 0 Å². The average Bonchev–Trinajstić information content (AvgIpc) is 2.58. The molecule has 2 atom stereocenters. The van der Waals surface area contributed by atoms with E-state index in [1.54, 1.807) is 0 Å². The molecule has 0 aromatic rings. The highest BCUT2D eigenvalue weighted by molar-refractivity contribution is 4.76. The maximum Gasteiger partial charge on any atom is 0.00926 e. The van der Waals surface area contributed by atoms with Crippen LogP contribution in [-0.2, 0) is 0 Å². The number of hydrogen-bond donors (Lipinski definition) is 1. The molecule has 108 valence electrons. The first kappa shape index (κ1) is 16.0. The van der Waals surface area contributed by atoms with Crippen LogP contribution in [0.1, 0.15) is 90.9 Å². The minimum atomic E-state index is 0.813. The highest BCUT2D eigenvalue weighted by atomic mass is 14.9. The van der Waals surface area contributed by atoms with Gasteiger partial charge in [0.1, 0.15) is 0 Å². The van der Waals surface area contributed by atoms with Gasteiger partial charge in [0.25, 0.3) is 0 Å². The van der Waals surface area contributed by atoms with Crippen LogP contribution in [0.3, 0.4) is 0 Å². The van der Waals surface area contributed by atoms with E-state index in [0.717, 1.165) is 12.0 Å². The number of rotatable bonds is 9. The van der Waals surface area contributed by atoms with E-state index < -0.39 is 0 Å². The molecule has 0 aliphatic heterocycles. The number of hydrogen-bond acceptors (Lipinski definition) is 1. The van der Waals surface area contributed by atoms with Crippen LogP contribution in [-0.4, -0.2) is 12.6 Å². The summed E-state index contributed by atoms with van der Waals surface area (Å²) in [5.74, 6) is 0.900. The monoisotopic (exact) mass is 253 g/mol. The summed E-state index contributed by atoms with van der Waals surface area (Å²) < 4.78 is 0. The third-order valence-corrected chi connectivity index (χ3v) is 4.55. The SMILES string of the molecule is CCCCCCCCCNC1CCCCCC1C. The summed E-state index contributed by atoms with van der Waals surface area (Å²) in [5, 5.41) is 3.81. The van der Waals surface area contributed by atoms with E-state index in [-0.39, 0.29) is 0 Å². The molecule has 0 heterocycles. The predicted octanol–water partition coefficient (Wildman–Crippen LogP) is 5.30. The molecule has 1 nitrogen and oxygen atoms in total. The minimum Gasteiger partial charge on any atom is -0.314 e. The van der Waals surface area contributed by atoms with Gasteiger partial charge in [0, 0.05) is 6.04 Å². The first-order chi connectivity index (χ1) is 8.84. The molecular formula is C17H35N. The molecule has 0 radical (unpaired) electrons. The van der Waals surface area contributed by atoms with Gasteiger partial charge in [-0.15, -0.1) is 0 Å². The van der Waals surface area contributed by atoms with E-state index >= 15 is 0 Å². The quantitative estimate of drug-likeness (QED) is 0.434. The Hall–Kier alpha value is -0.0400. The van der Waals surface area contributed by atoms with Crippen LogP contribution in [0.15, 0.2) is 0 Å². The molecule has 1 saturated carbocycles. The zero-order chi connectivity index (χ0) is 13.1. The molecule has 2 unspecified atom stereocenters. The van der Waals surface area contributed by atoms with Crippen molar-refractivity contribution in [2.45, 2.75) is 96.9 Å². The van der Waals surface area contributed by atoms with Gasteiger partial charge in [-0.05, 0) is 31.7 Å². The fourth-order valence-electron chi connectivity index (χ4n) is 3.17. The fourth-order valence-corrected chi connectivity index (χ4v) is 3.17. The fraction of sp³-hybridized carbons (Fsp3) is 1.00. The Balaban J connectivity index is 1.93. The lowest BCUT2D eigenvalue weighted by atomic mass is 9.97. The Kier molecular flexibility index (Phi) is 9.65. The van der Waals surface area contributed by atoms with E-state index in [1.165, 1.54) is 83.6 Å². The summed E-state index contributed by atoms with van der Waals surface area (Å²) in [6, 6.07) is 0.813. The molecular weight excluding hydrogens is 218 g/mol. The lowest BCUT2D eigenvalue weighted by Gasteiger charge is -2.22. The third-order valence-electron chi connectivity index (χ3n) is 4.55. The molecule has 1 rings (SSSR count). The van der Waals surface area contributed by atoms with Crippen molar-refractivity contribution < 1.29 is 0 Å². The van der Waals surface area contributed by atoms with Gasteiger partial charge in [-0.2, -0.15) is 0 Å². The van der Waals surface area contributed by atoms with Gasteiger partial charge in [0.05, 0.1) is 0 Å². The van der Waals surface area contributed by atoms with Gasteiger partial charge in [-0.1, -0.05) is 71.6 Å². The van der Waals surface area contributed by atoms with Gasteiger partial charge in [0.15, 0.2) is 0 Å². The van der Waals surface area contributed by atoms with Crippen molar-refractivity contribution in [3.63, 3.8) is 0 Å². The second kappa shape index (κ2) is 10.8.